The van der Waals surface area contributed by atoms with Crippen LogP contribution in [0.5, 0.6) is 0 Å². The van der Waals surface area contributed by atoms with E-state index in [-0.39, 0.29) is 0 Å². The van der Waals surface area contributed by atoms with Crippen molar-refractivity contribution in [2.24, 2.45) is 0 Å². The Kier molecular flexibility index (Phi) is 11.8. The Bertz CT molecular complexity index is 298. The van der Waals surface area contributed by atoms with Crippen LogP contribution in [0.15, 0.2) is 12.2 Å². The number of esters is 2. The molecule has 0 spiro atoms. The second kappa shape index (κ2) is 12.7. The highest BCUT2D eigenvalue weighted by Gasteiger charge is 2.03. The van der Waals surface area contributed by atoms with Crippen molar-refractivity contribution in [1.29, 1.82) is 0 Å². The standard InChI is InChI=1S/C15H27NO4/c1-4-7-8-12-19-14(17)9-10-15(18)20-13-11-16(5-2)6-3/h9-10H,4-8,11-13H2,1-3H3/b10-9-. The highest BCUT2D eigenvalue weighted by molar-refractivity contribution is 5.91. The van der Waals surface area contributed by atoms with E-state index >= 15 is 0 Å². The summed E-state index contributed by atoms with van der Waals surface area (Å²) in [4.78, 5) is 24.8. The van der Waals surface area contributed by atoms with Crippen molar-refractivity contribution >= 4 is 11.9 Å². The monoisotopic (exact) mass is 285 g/mol. The Balaban J connectivity index is 3.73. The summed E-state index contributed by atoms with van der Waals surface area (Å²) < 4.78 is 9.92. The van der Waals surface area contributed by atoms with Gasteiger partial charge in [-0.1, -0.05) is 33.6 Å². The van der Waals surface area contributed by atoms with E-state index in [0.29, 0.717) is 19.8 Å². The molecule has 0 heterocycles. The molecule has 0 aromatic rings. The lowest BCUT2D eigenvalue weighted by molar-refractivity contribution is -0.140. The van der Waals surface area contributed by atoms with Gasteiger partial charge in [0.2, 0.25) is 0 Å². The van der Waals surface area contributed by atoms with Gasteiger partial charge in [0.25, 0.3) is 0 Å². The summed E-state index contributed by atoms with van der Waals surface area (Å²) in [5, 5.41) is 0. The molecule has 0 aliphatic heterocycles. The fourth-order valence-electron chi connectivity index (χ4n) is 1.57. The Morgan fingerprint density at radius 1 is 0.900 bits per heavy atom. The third kappa shape index (κ3) is 10.6. The lowest BCUT2D eigenvalue weighted by atomic mass is 10.3. The molecule has 0 aromatic carbocycles. The van der Waals surface area contributed by atoms with E-state index in [9.17, 15) is 9.59 Å². The van der Waals surface area contributed by atoms with E-state index in [1.807, 2.05) is 0 Å². The van der Waals surface area contributed by atoms with Gasteiger partial charge in [-0.05, 0) is 19.5 Å². The number of nitrogens with zero attached hydrogens (tertiary/aromatic N) is 1. The van der Waals surface area contributed by atoms with Crippen molar-refractivity contribution in [3.63, 3.8) is 0 Å². The summed E-state index contributed by atoms with van der Waals surface area (Å²) in [6.45, 7) is 9.47. The second-order valence-corrected chi connectivity index (χ2v) is 4.40. The average molecular weight is 285 g/mol. The molecule has 116 valence electrons. The van der Waals surface area contributed by atoms with Crippen LogP contribution in [0.3, 0.4) is 0 Å². The second-order valence-electron chi connectivity index (χ2n) is 4.40. The van der Waals surface area contributed by atoms with Gasteiger partial charge in [-0.2, -0.15) is 0 Å². The van der Waals surface area contributed by atoms with Gasteiger partial charge in [-0.25, -0.2) is 9.59 Å². The van der Waals surface area contributed by atoms with Gasteiger partial charge < -0.3 is 14.4 Å². The van der Waals surface area contributed by atoms with Gasteiger partial charge in [-0.3, -0.25) is 0 Å². The van der Waals surface area contributed by atoms with Gasteiger partial charge in [0.1, 0.15) is 6.61 Å². The molecule has 0 aromatic heterocycles. The predicted octanol–water partition coefficient (Wildman–Crippen LogP) is 2.16. The highest BCUT2D eigenvalue weighted by atomic mass is 16.5. The first-order valence-corrected chi connectivity index (χ1v) is 7.37. The van der Waals surface area contributed by atoms with Crippen LogP contribution < -0.4 is 0 Å². The smallest absolute Gasteiger partial charge is 0.331 e. The van der Waals surface area contributed by atoms with Crippen molar-refractivity contribution in [3.8, 4) is 0 Å². The topological polar surface area (TPSA) is 55.8 Å². The maximum atomic E-state index is 11.3. The van der Waals surface area contributed by atoms with Gasteiger partial charge in [0.15, 0.2) is 0 Å². The van der Waals surface area contributed by atoms with E-state index in [0.717, 1.165) is 44.5 Å². The van der Waals surface area contributed by atoms with E-state index in [2.05, 4.69) is 25.7 Å². The number of carbonyl (C=O) groups excluding carboxylic acids is 2. The molecule has 5 nitrogen and oxygen atoms in total. The maximum absolute atomic E-state index is 11.3. The minimum Gasteiger partial charge on any atom is -0.463 e. The number of carbonyl (C=O) groups is 2. The van der Waals surface area contributed by atoms with Gasteiger partial charge >= 0.3 is 11.9 Å². The third-order valence-electron chi connectivity index (χ3n) is 2.89. The van der Waals surface area contributed by atoms with Crippen molar-refractivity contribution in [2.75, 3.05) is 32.8 Å². The van der Waals surface area contributed by atoms with Crippen LogP contribution in [0.2, 0.25) is 0 Å². The van der Waals surface area contributed by atoms with Crippen LogP contribution in [0, 0.1) is 0 Å². The summed E-state index contributed by atoms with van der Waals surface area (Å²) in [7, 11) is 0. The van der Waals surface area contributed by atoms with Crippen molar-refractivity contribution in [3.05, 3.63) is 12.2 Å². The van der Waals surface area contributed by atoms with Crippen LogP contribution in [-0.2, 0) is 19.1 Å². The summed E-state index contributed by atoms with van der Waals surface area (Å²) in [5.41, 5.74) is 0. The molecule has 0 bridgehead atoms. The van der Waals surface area contributed by atoms with Crippen LogP contribution in [0.25, 0.3) is 0 Å². The first kappa shape index (κ1) is 18.6. The van der Waals surface area contributed by atoms with Crippen LogP contribution in [-0.4, -0.2) is 49.7 Å². The summed E-state index contributed by atoms with van der Waals surface area (Å²) in [5.74, 6) is -1.01. The number of hydrogen-bond acceptors (Lipinski definition) is 5. The Hall–Kier alpha value is -1.36. The molecule has 0 radical (unpaired) electrons. The third-order valence-corrected chi connectivity index (χ3v) is 2.89. The highest BCUT2D eigenvalue weighted by Crippen LogP contribution is 1.95. The fourth-order valence-corrected chi connectivity index (χ4v) is 1.57. The molecule has 5 heteroatoms. The Labute approximate surface area is 121 Å². The summed E-state index contributed by atoms with van der Waals surface area (Å²) >= 11 is 0. The van der Waals surface area contributed by atoms with Crippen molar-refractivity contribution in [2.45, 2.75) is 40.0 Å². The van der Waals surface area contributed by atoms with E-state index in [4.69, 9.17) is 9.47 Å². The summed E-state index contributed by atoms with van der Waals surface area (Å²) in [6.07, 6.45) is 5.19. The van der Waals surface area contributed by atoms with E-state index < -0.39 is 11.9 Å². The lowest BCUT2D eigenvalue weighted by Crippen LogP contribution is -2.27. The zero-order valence-corrected chi connectivity index (χ0v) is 12.9. The fraction of sp³-hybridized carbons (Fsp3) is 0.733. The molecule has 0 amide bonds. The molecule has 0 aliphatic rings. The molecular weight excluding hydrogens is 258 g/mol. The SMILES string of the molecule is CCCCCOC(=O)/C=C\C(=O)OCCN(CC)CC. The van der Waals surface area contributed by atoms with E-state index in [1.54, 1.807) is 0 Å². The molecule has 0 N–H and O–H groups in total. The molecule has 20 heavy (non-hydrogen) atoms. The largest absolute Gasteiger partial charge is 0.463 e. The first-order valence-electron chi connectivity index (χ1n) is 7.37. The predicted molar refractivity (Wildman–Crippen MR) is 78.4 cm³/mol. The Morgan fingerprint density at radius 2 is 1.45 bits per heavy atom. The lowest BCUT2D eigenvalue weighted by Gasteiger charge is -2.16. The zero-order valence-electron chi connectivity index (χ0n) is 12.9. The molecule has 0 rings (SSSR count). The summed E-state index contributed by atoms with van der Waals surface area (Å²) in [6, 6.07) is 0. The number of unbranched alkanes of at least 4 members (excludes halogenated alkanes) is 2. The number of rotatable bonds is 11. The number of ether oxygens (including phenoxy) is 2. The van der Waals surface area contributed by atoms with Gasteiger partial charge in [0, 0.05) is 18.7 Å². The molecule has 0 saturated heterocycles. The number of likely N-dealkylation sites (N-methyl/N-ethyl adjacent to an activating group) is 1. The number of hydrogen-bond donors (Lipinski definition) is 0. The first-order chi connectivity index (χ1) is 9.63. The molecular formula is C15H27NO4. The quantitative estimate of drug-likeness (QED) is 0.331. The minimum absolute atomic E-state index is 0.330. The van der Waals surface area contributed by atoms with Gasteiger partial charge in [-0.15, -0.1) is 0 Å². The van der Waals surface area contributed by atoms with Crippen LogP contribution in [0.1, 0.15) is 40.0 Å². The van der Waals surface area contributed by atoms with Crippen molar-refractivity contribution < 1.29 is 19.1 Å². The zero-order chi connectivity index (χ0) is 15.2. The van der Waals surface area contributed by atoms with Gasteiger partial charge in [0.05, 0.1) is 6.61 Å². The van der Waals surface area contributed by atoms with E-state index in [1.165, 1.54) is 0 Å². The van der Waals surface area contributed by atoms with Crippen LogP contribution >= 0.6 is 0 Å². The normalized spacial score (nSPS) is 11.0. The van der Waals surface area contributed by atoms with Crippen molar-refractivity contribution in [1.82, 2.24) is 4.90 Å². The molecule has 0 unspecified atom stereocenters. The Morgan fingerprint density at radius 3 is 1.95 bits per heavy atom. The molecule has 0 fully saturated rings. The molecule has 0 aliphatic carbocycles. The maximum Gasteiger partial charge on any atom is 0.331 e. The molecule has 0 saturated carbocycles. The van der Waals surface area contributed by atoms with Crippen LogP contribution in [0.4, 0.5) is 0 Å². The average Bonchev–Trinajstić information content (AvgIpc) is 2.46. The minimum atomic E-state index is -0.511. The molecule has 0 atom stereocenters.